The number of rotatable bonds is 5. The predicted octanol–water partition coefficient (Wildman–Crippen LogP) is 2.40. The van der Waals surface area contributed by atoms with Crippen LogP contribution in [0.2, 0.25) is 0 Å². The van der Waals surface area contributed by atoms with Gasteiger partial charge in [0.2, 0.25) is 0 Å². The lowest BCUT2D eigenvalue weighted by Crippen LogP contribution is -2.46. The largest absolute Gasteiger partial charge is 0.481 e. The quantitative estimate of drug-likeness (QED) is 0.524. The topological polar surface area (TPSA) is 93.2 Å². The van der Waals surface area contributed by atoms with Crippen LogP contribution in [0.3, 0.4) is 0 Å². The van der Waals surface area contributed by atoms with E-state index in [9.17, 15) is 14.0 Å². The van der Waals surface area contributed by atoms with Gasteiger partial charge >= 0.3 is 0 Å². The van der Waals surface area contributed by atoms with E-state index in [0.29, 0.717) is 17.0 Å². The number of para-hydroxylation sites is 2. The molecule has 2 aromatic carbocycles. The van der Waals surface area contributed by atoms with Crippen molar-refractivity contribution in [1.29, 1.82) is 0 Å². The first kappa shape index (κ1) is 19.0. The number of fused-ring (bicyclic) bond motifs is 1. The van der Waals surface area contributed by atoms with Gasteiger partial charge in [0.15, 0.2) is 6.10 Å². The Morgan fingerprint density at radius 2 is 1.79 bits per heavy atom. The Kier molecular flexibility index (Phi) is 5.91. The first-order valence-corrected chi connectivity index (χ1v) is 8.43. The molecule has 1 heterocycles. The van der Waals surface area contributed by atoms with Crippen LogP contribution in [0.1, 0.15) is 12.6 Å². The van der Waals surface area contributed by atoms with E-state index in [2.05, 4.69) is 20.8 Å². The third-order valence-electron chi connectivity index (χ3n) is 3.68. The molecule has 0 bridgehead atoms. The van der Waals surface area contributed by atoms with Crippen LogP contribution in [-0.4, -0.2) is 27.9 Å². The van der Waals surface area contributed by atoms with Gasteiger partial charge in [-0.15, -0.1) is 0 Å². The third kappa shape index (κ3) is 5.10. The molecule has 1 aromatic heterocycles. The number of carbonyl (C=O) groups is 2. The molecule has 2 N–H and O–H groups in total. The summed E-state index contributed by atoms with van der Waals surface area (Å²) in [6.07, 6.45) is 3.37. The molecule has 28 heavy (non-hydrogen) atoms. The fourth-order valence-electron chi connectivity index (χ4n) is 2.25. The summed E-state index contributed by atoms with van der Waals surface area (Å²) in [5.74, 6) is -1.17. The normalized spacial score (nSPS) is 11.9. The van der Waals surface area contributed by atoms with Gasteiger partial charge < -0.3 is 4.74 Å². The lowest BCUT2D eigenvalue weighted by atomic mass is 10.3. The van der Waals surface area contributed by atoms with Crippen LogP contribution in [0.4, 0.5) is 4.39 Å². The Morgan fingerprint density at radius 1 is 1.07 bits per heavy atom. The molecule has 8 heteroatoms. The molecule has 142 valence electrons. The van der Waals surface area contributed by atoms with Crippen molar-refractivity contribution < 1.29 is 18.7 Å². The number of benzene rings is 2. The molecule has 3 rings (SSSR count). The number of nitrogens with zero attached hydrogens (tertiary/aromatic N) is 2. The van der Waals surface area contributed by atoms with E-state index >= 15 is 0 Å². The van der Waals surface area contributed by atoms with Gasteiger partial charge in [-0.25, -0.2) is 9.37 Å². The summed E-state index contributed by atoms with van der Waals surface area (Å²) in [6.45, 7) is 1.51. The molecule has 1 atom stereocenters. The Labute approximate surface area is 160 Å². The van der Waals surface area contributed by atoms with E-state index in [0.717, 1.165) is 5.52 Å². The summed E-state index contributed by atoms with van der Waals surface area (Å²) in [6, 6.07) is 12.6. The van der Waals surface area contributed by atoms with Gasteiger partial charge in [-0.3, -0.25) is 25.4 Å². The fraction of sp³-hybridized carbons (Fsp3) is 0.100. The van der Waals surface area contributed by atoms with Crippen LogP contribution in [0, 0.1) is 5.82 Å². The van der Waals surface area contributed by atoms with Gasteiger partial charge in [0, 0.05) is 6.08 Å². The van der Waals surface area contributed by atoms with E-state index < -0.39 is 23.7 Å². The number of ether oxygens (including phenoxy) is 1. The number of hydrogen-bond acceptors (Lipinski definition) is 5. The molecule has 0 radical (unpaired) electrons. The maximum absolute atomic E-state index is 12.9. The maximum Gasteiger partial charge on any atom is 0.279 e. The summed E-state index contributed by atoms with van der Waals surface area (Å²) in [4.78, 5) is 32.4. The van der Waals surface area contributed by atoms with Crippen molar-refractivity contribution in [2.45, 2.75) is 13.0 Å². The molecule has 0 aliphatic heterocycles. The highest BCUT2D eigenvalue weighted by Gasteiger charge is 2.15. The Morgan fingerprint density at radius 3 is 2.54 bits per heavy atom. The minimum Gasteiger partial charge on any atom is -0.481 e. The van der Waals surface area contributed by atoms with Crippen LogP contribution in [0.15, 0.2) is 60.8 Å². The van der Waals surface area contributed by atoms with Crippen LogP contribution in [0.25, 0.3) is 17.1 Å². The zero-order valence-electron chi connectivity index (χ0n) is 14.9. The lowest BCUT2D eigenvalue weighted by molar-refractivity contribution is -0.131. The second kappa shape index (κ2) is 8.72. The second-order valence-electron chi connectivity index (χ2n) is 5.81. The highest BCUT2D eigenvalue weighted by atomic mass is 19.1. The molecule has 7 nitrogen and oxygen atoms in total. The van der Waals surface area contributed by atoms with Crippen molar-refractivity contribution in [2.75, 3.05) is 0 Å². The number of hydrazine groups is 1. The summed E-state index contributed by atoms with van der Waals surface area (Å²) in [5.41, 5.74) is 6.48. The first-order chi connectivity index (χ1) is 13.5. The van der Waals surface area contributed by atoms with E-state index in [1.54, 1.807) is 6.20 Å². The molecule has 0 fully saturated rings. The summed E-state index contributed by atoms with van der Waals surface area (Å²) >= 11 is 0. The molecule has 3 aromatic rings. The van der Waals surface area contributed by atoms with E-state index in [4.69, 9.17) is 4.74 Å². The van der Waals surface area contributed by atoms with Gasteiger partial charge in [-0.1, -0.05) is 12.1 Å². The number of aromatic nitrogens is 2. The fourth-order valence-corrected chi connectivity index (χ4v) is 2.25. The molecule has 0 spiro atoms. The second-order valence-corrected chi connectivity index (χ2v) is 5.81. The van der Waals surface area contributed by atoms with Gasteiger partial charge in [0.05, 0.1) is 22.9 Å². The predicted molar refractivity (Wildman–Crippen MR) is 101 cm³/mol. The van der Waals surface area contributed by atoms with Crippen molar-refractivity contribution in [3.05, 3.63) is 72.3 Å². The van der Waals surface area contributed by atoms with Crippen LogP contribution in [-0.2, 0) is 9.59 Å². The van der Waals surface area contributed by atoms with E-state index in [1.807, 2.05) is 24.3 Å². The van der Waals surface area contributed by atoms with Crippen LogP contribution >= 0.6 is 0 Å². The zero-order valence-corrected chi connectivity index (χ0v) is 14.9. The molecular weight excluding hydrogens is 363 g/mol. The zero-order chi connectivity index (χ0) is 19.9. The van der Waals surface area contributed by atoms with Gasteiger partial charge in [0.1, 0.15) is 11.6 Å². The molecule has 1 unspecified atom stereocenters. The van der Waals surface area contributed by atoms with Crippen LogP contribution in [0.5, 0.6) is 5.75 Å². The minimum atomic E-state index is -0.888. The average molecular weight is 380 g/mol. The molecule has 0 saturated carbocycles. The van der Waals surface area contributed by atoms with Crippen LogP contribution < -0.4 is 15.6 Å². The number of carbonyl (C=O) groups excluding carboxylic acids is 2. The summed E-state index contributed by atoms with van der Waals surface area (Å²) in [7, 11) is 0. The lowest BCUT2D eigenvalue weighted by Gasteiger charge is -2.14. The third-order valence-corrected chi connectivity index (χ3v) is 3.68. The maximum atomic E-state index is 12.9. The monoisotopic (exact) mass is 380 g/mol. The SMILES string of the molecule is CC(Oc1ccc(F)cc1)C(=O)NNC(=O)/C=C/c1cnc2ccccc2n1. The highest BCUT2D eigenvalue weighted by molar-refractivity contribution is 5.93. The number of amides is 2. The standard InChI is InChI=1S/C20H17FN4O3/c1-13(28-16-9-6-14(21)7-10-16)20(27)25-24-19(26)11-8-15-12-22-17-4-2-3-5-18(17)23-15/h2-13H,1H3,(H,24,26)(H,25,27)/b11-8+. The minimum absolute atomic E-state index is 0.338. The van der Waals surface area contributed by atoms with Crippen molar-refractivity contribution >= 4 is 28.9 Å². The molecule has 0 aliphatic carbocycles. The Bertz CT molecular complexity index is 1020. The van der Waals surface area contributed by atoms with Gasteiger partial charge in [0.25, 0.3) is 11.8 Å². The molecular formula is C20H17FN4O3. The van der Waals surface area contributed by atoms with E-state index in [1.165, 1.54) is 43.3 Å². The average Bonchev–Trinajstić information content (AvgIpc) is 2.71. The smallest absolute Gasteiger partial charge is 0.279 e. The van der Waals surface area contributed by atoms with Gasteiger partial charge in [-0.2, -0.15) is 0 Å². The highest BCUT2D eigenvalue weighted by Crippen LogP contribution is 2.13. The number of halogens is 1. The van der Waals surface area contributed by atoms with E-state index in [-0.39, 0.29) is 0 Å². The van der Waals surface area contributed by atoms with Crippen molar-refractivity contribution in [2.24, 2.45) is 0 Å². The Hall–Kier alpha value is -3.81. The first-order valence-electron chi connectivity index (χ1n) is 8.43. The van der Waals surface area contributed by atoms with Crippen molar-refractivity contribution in [1.82, 2.24) is 20.8 Å². The van der Waals surface area contributed by atoms with Crippen molar-refractivity contribution in [3.8, 4) is 5.75 Å². The summed E-state index contributed by atoms with van der Waals surface area (Å²) in [5, 5.41) is 0. The molecule has 0 aliphatic rings. The number of nitrogens with one attached hydrogen (secondary N) is 2. The summed E-state index contributed by atoms with van der Waals surface area (Å²) < 4.78 is 18.2. The number of hydrogen-bond donors (Lipinski definition) is 2. The van der Waals surface area contributed by atoms with Gasteiger partial charge in [-0.05, 0) is 49.4 Å². The molecule has 0 saturated heterocycles. The van der Waals surface area contributed by atoms with Crippen molar-refractivity contribution in [3.63, 3.8) is 0 Å². The Balaban J connectivity index is 1.50. The molecule has 2 amide bonds.